The first-order chi connectivity index (χ1) is 17.5. The molecule has 2 aliphatic rings. The average Bonchev–Trinajstić information content (AvgIpc) is 3.22. The maximum atomic E-state index is 12.5. The molecule has 0 radical (unpaired) electrons. The Morgan fingerprint density at radius 1 is 0.972 bits per heavy atom. The van der Waals surface area contributed by atoms with Gasteiger partial charge >= 0.3 is 0 Å². The van der Waals surface area contributed by atoms with E-state index in [1.807, 2.05) is 18.2 Å². The lowest BCUT2D eigenvalue weighted by molar-refractivity contribution is 0.198. The van der Waals surface area contributed by atoms with Crippen molar-refractivity contribution in [1.29, 1.82) is 0 Å². The number of alkyl halides is 1. The Hall–Kier alpha value is -1.85. The highest BCUT2D eigenvalue weighted by atomic mass is 79.9. The smallest absolute Gasteiger partial charge is 0.119 e. The largest absolute Gasteiger partial charge is 0.489 e. The number of nitrogens with zero attached hydrogens (tertiary/aromatic N) is 1. The topological polar surface area (TPSA) is 12.5 Å². The van der Waals surface area contributed by atoms with Gasteiger partial charge in [-0.3, -0.25) is 9.29 Å². The van der Waals surface area contributed by atoms with Gasteiger partial charge in [0.05, 0.1) is 6.67 Å². The van der Waals surface area contributed by atoms with Crippen LogP contribution < -0.4 is 4.74 Å². The summed E-state index contributed by atoms with van der Waals surface area (Å²) in [6.07, 6.45) is 4.69. The number of hydrogen-bond donors (Lipinski definition) is 0. The molecule has 0 spiro atoms. The van der Waals surface area contributed by atoms with Crippen molar-refractivity contribution in [2.75, 3.05) is 26.3 Å². The third-order valence-electron chi connectivity index (χ3n) is 7.05. The Labute approximate surface area is 231 Å². The van der Waals surface area contributed by atoms with Crippen LogP contribution in [0.15, 0.2) is 65.1 Å². The third-order valence-corrected chi connectivity index (χ3v) is 8.09. The summed E-state index contributed by atoms with van der Waals surface area (Å²) in [7, 11) is 0. The lowest BCUT2D eigenvalue weighted by Crippen LogP contribution is -2.26. The molecule has 2 nitrogen and oxygen atoms in total. The molecule has 1 unspecified atom stereocenters. The van der Waals surface area contributed by atoms with E-state index < -0.39 is 0 Å². The molecule has 5 rings (SSSR count). The van der Waals surface area contributed by atoms with E-state index in [-0.39, 0.29) is 12.8 Å². The molecule has 3 aromatic rings. The minimum Gasteiger partial charge on any atom is -0.489 e. The average molecular weight is 589 g/mol. The number of halogens is 4. The van der Waals surface area contributed by atoms with Crippen LogP contribution in [0.5, 0.6) is 5.75 Å². The summed E-state index contributed by atoms with van der Waals surface area (Å²) in [6, 6.07) is 20.8. The Morgan fingerprint density at radius 3 is 2.56 bits per heavy atom. The second-order valence-electron chi connectivity index (χ2n) is 9.53. The van der Waals surface area contributed by atoms with Gasteiger partial charge in [-0.15, -0.1) is 0 Å². The molecule has 0 bridgehead atoms. The van der Waals surface area contributed by atoms with Crippen molar-refractivity contribution in [3.05, 3.63) is 97.4 Å². The number of likely N-dealkylation sites (tertiary alicyclic amines) is 1. The van der Waals surface area contributed by atoms with Crippen LogP contribution in [0.3, 0.4) is 0 Å². The summed E-state index contributed by atoms with van der Waals surface area (Å²) in [5.41, 5.74) is 7.20. The molecule has 3 aromatic carbocycles. The molecule has 36 heavy (non-hydrogen) atoms. The lowest BCUT2D eigenvalue weighted by atomic mass is 9.88. The van der Waals surface area contributed by atoms with Crippen molar-refractivity contribution in [3.8, 4) is 5.75 Å². The van der Waals surface area contributed by atoms with Crippen molar-refractivity contribution in [2.24, 2.45) is 0 Å². The molecule has 1 fully saturated rings. The number of rotatable bonds is 7. The fraction of sp³-hybridized carbons (Fsp3) is 0.333. The summed E-state index contributed by atoms with van der Waals surface area (Å²) < 4.78 is 19.9. The Morgan fingerprint density at radius 2 is 1.78 bits per heavy atom. The Balaban J connectivity index is 1.49. The van der Waals surface area contributed by atoms with Crippen molar-refractivity contribution in [1.82, 2.24) is 4.90 Å². The van der Waals surface area contributed by atoms with Crippen LogP contribution in [0, 0.1) is 0 Å². The number of benzene rings is 3. The molecule has 1 saturated heterocycles. The van der Waals surface area contributed by atoms with E-state index in [9.17, 15) is 4.39 Å². The summed E-state index contributed by atoms with van der Waals surface area (Å²) in [6.45, 7) is 2.36. The summed E-state index contributed by atoms with van der Waals surface area (Å²) in [5.74, 6) is 0.868. The summed E-state index contributed by atoms with van der Waals surface area (Å²) in [5, 5.41) is 1.31. The fourth-order valence-corrected chi connectivity index (χ4v) is 6.29. The lowest BCUT2D eigenvalue weighted by Gasteiger charge is -2.19. The van der Waals surface area contributed by atoms with Crippen molar-refractivity contribution >= 4 is 50.3 Å². The van der Waals surface area contributed by atoms with Gasteiger partial charge in [0, 0.05) is 34.2 Å². The van der Waals surface area contributed by atoms with Crippen molar-refractivity contribution < 1.29 is 9.13 Å². The maximum Gasteiger partial charge on any atom is 0.119 e. The summed E-state index contributed by atoms with van der Waals surface area (Å²) in [4.78, 5) is 2.28. The van der Waals surface area contributed by atoms with E-state index in [2.05, 4.69) is 63.3 Å². The van der Waals surface area contributed by atoms with Gasteiger partial charge in [-0.05, 0) is 102 Å². The van der Waals surface area contributed by atoms with Crippen LogP contribution in [-0.4, -0.2) is 37.3 Å². The van der Waals surface area contributed by atoms with Gasteiger partial charge in [0.1, 0.15) is 11.9 Å². The molecular formula is C30H29BrCl2FNO. The van der Waals surface area contributed by atoms with Gasteiger partial charge in [0.2, 0.25) is 0 Å². The molecule has 1 aliphatic carbocycles. The van der Waals surface area contributed by atoms with E-state index in [1.165, 1.54) is 22.3 Å². The quantitative estimate of drug-likeness (QED) is 0.273. The molecule has 6 heteroatoms. The predicted octanol–water partition coefficient (Wildman–Crippen LogP) is 8.86. The SMILES string of the molecule is FCCCN1CCC(Oc2ccc(C3=C(c4ccc(Cl)cc4Cl)CCCc4cc(Br)ccc43)cc2)C1. The van der Waals surface area contributed by atoms with E-state index in [1.54, 1.807) is 0 Å². The van der Waals surface area contributed by atoms with Crippen LogP contribution in [0.1, 0.15) is 47.9 Å². The number of hydrogen-bond acceptors (Lipinski definition) is 2. The van der Waals surface area contributed by atoms with Gasteiger partial charge in [0.25, 0.3) is 0 Å². The van der Waals surface area contributed by atoms with E-state index in [0.29, 0.717) is 16.5 Å². The van der Waals surface area contributed by atoms with E-state index in [0.717, 1.165) is 66.7 Å². The van der Waals surface area contributed by atoms with Gasteiger partial charge < -0.3 is 4.74 Å². The monoisotopic (exact) mass is 587 g/mol. The van der Waals surface area contributed by atoms with Gasteiger partial charge in [0.15, 0.2) is 0 Å². The minimum atomic E-state index is -0.261. The summed E-state index contributed by atoms with van der Waals surface area (Å²) >= 11 is 16.6. The highest BCUT2D eigenvalue weighted by Gasteiger charge is 2.24. The van der Waals surface area contributed by atoms with Crippen molar-refractivity contribution in [3.63, 3.8) is 0 Å². The third kappa shape index (κ3) is 5.83. The first-order valence-electron chi connectivity index (χ1n) is 12.5. The standard InChI is InChI=1S/C30H29BrCl2FNO/c31-22-7-11-26-21(17-22)3-1-4-28(27-12-8-23(32)18-29(27)33)30(26)20-5-9-24(10-6-20)36-25-13-16-35(19-25)15-2-14-34/h5-12,17-18,25H,1-4,13-16,19H2. The molecule has 0 saturated carbocycles. The molecule has 1 heterocycles. The Kier molecular flexibility index (Phi) is 8.37. The number of ether oxygens (including phenoxy) is 1. The zero-order chi connectivity index (χ0) is 25.1. The van der Waals surface area contributed by atoms with Gasteiger partial charge in [-0.25, -0.2) is 0 Å². The highest BCUT2D eigenvalue weighted by Crippen LogP contribution is 2.43. The van der Waals surface area contributed by atoms with Crippen LogP contribution in [-0.2, 0) is 6.42 Å². The molecular weight excluding hydrogens is 560 g/mol. The number of allylic oxidation sites excluding steroid dienone is 1. The zero-order valence-electron chi connectivity index (χ0n) is 20.1. The van der Waals surface area contributed by atoms with Crippen LogP contribution >= 0.6 is 39.1 Å². The van der Waals surface area contributed by atoms with Crippen LogP contribution in [0.4, 0.5) is 4.39 Å². The van der Waals surface area contributed by atoms with Crippen molar-refractivity contribution in [2.45, 2.75) is 38.2 Å². The molecule has 0 aromatic heterocycles. The normalized spacial score (nSPS) is 18.3. The second-order valence-corrected chi connectivity index (χ2v) is 11.3. The second kappa shape index (κ2) is 11.7. The maximum absolute atomic E-state index is 12.5. The molecule has 188 valence electrons. The van der Waals surface area contributed by atoms with Gasteiger partial charge in [-0.2, -0.15) is 0 Å². The van der Waals surface area contributed by atoms with E-state index >= 15 is 0 Å². The predicted molar refractivity (Wildman–Crippen MR) is 152 cm³/mol. The molecule has 1 atom stereocenters. The van der Waals surface area contributed by atoms with Crippen LogP contribution in [0.2, 0.25) is 10.0 Å². The number of aryl methyl sites for hydroxylation is 1. The van der Waals surface area contributed by atoms with Crippen LogP contribution in [0.25, 0.3) is 11.1 Å². The number of fused-ring (bicyclic) bond motifs is 1. The molecule has 0 amide bonds. The first-order valence-corrected chi connectivity index (χ1v) is 14.1. The zero-order valence-corrected chi connectivity index (χ0v) is 23.2. The molecule has 1 aliphatic heterocycles. The minimum absolute atomic E-state index is 0.147. The van der Waals surface area contributed by atoms with Gasteiger partial charge in [-0.1, -0.05) is 63.4 Å². The Bertz CT molecular complexity index is 1260. The fourth-order valence-electron chi connectivity index (χ4n) is 5.36. The van der Waals surface area contributed by atoms with E-state index in [4.69, 9.17) is 27.9 Å². The highest BCUT2D eigenvalue weighted by molar-refractivity contribution is 9.10. The molecule has 0 N–H and O–H groups in total. The first kappa shape index (κ1) is 25.8.